The van der Waals surface area contributed by atoms with Crippen molar-refractivity contribution < 1.29 is 26.7 Å². The second kappa shape index (κ2) is 7.18. The fourth-order valence-corrected chi connectivity index (χ4v) is 5.11. The summed E-state index contributed by atoms with van der Waals surface area (Å²) in [6.45, 7) is 2.12. The third-order valence-electron chi connectivity index (χ3n) is 3.79. The molecule has 2 N–H and O–H groups in total. The highest BCUT2D eigenvalue weighted by Crippen LogP contribution is 2.22. The van der Waals surface area contributed by atoms with Gasteiger partial charge in [-0.3, -0.25) is 4.79 Å². The van der Waals surface area contributed by atoms with Crippen molar-refractivity contribution in [3.05, 3.63) is 24.3 Å². The van der Waals surface area contributed by atoms with Gasteiger partial charge in [0.25, 0.3) is 0 Å². The largest absolute Gasteiger partial charge is 0.480 e. The van der Waals surface area contributed by atoms with Gasteiger partial charge in [-0.25, -0.2) is 16.8 Å². The molecule has 1 saturated heterocycles. The minimum absolute atomic E-state index is 0.0228. The fourth-order valence-electron chi connectivity index (χ4n) is 2.40. The molecule has 0 saturated carbocycles. The highest BCUT2D eigenvalue weighted by Gasteiger charge is 2.27. The molecule has 0 aromatic heterocycles. The molecule has 0 aliphatic carbocycles. The fraction of sp³-hybridized carbons (Fsp3) is 0.500. The lowest BCUT2D eigenvalue weighted by Gasteiger charge is -2.25. The van der Waals surface area contributed by atoms with Gasteiger partial charge in [0.1, 0.15) is 6.04 Å². The number of rotatable bonds is 6. The van der Waals surface area contributed by atoms with Gasteiger partial charge in [-0.15, -0.1) is 0 Å². The number of carbonyl (C=O) groups is 1. The van der Waals surface area contributed by atoms with E-state index < -0.39 is 32.1 Å². The van der Waals surface area contributed by atoms with Gasteiger partial charge in [0.05, 0.1) is 9.79 Å². The topological polar surface area (TPSA) is 121 Å². The molecule has 0 bridgehead atoms. The van der Waals surface area contributed by atoms with Crippen molar-refractivity contribution in [2.45, 2.75) is 42.0 Å². The van der Waals surface area contributed by atoms with Crippen molar-refractivity contribution in [2.75, 3.05) is 13.1 Å². The molecule has 134 valence electrons. The van der Waals surface area contributed by atoms with E-state index in [1.807, 2.05) is 4.72 Å². The Kier molecular flexibility index (Phi) is 5.63. The van der Waals surface area contributed by atoms with E-state index in [-0.39, 0.29) is 9.79 Å². The molecule has 10 heteroatoms. The van der Waals surface area contributed by atoms with Crippen LogP contribution in [0.15, 0.2) is 34.1 Å². The Morgan fingerprint density at radius 1 is 1.04 bits per heavy atom. The Balaban J connectivity index is 2.22. The molecular weight excluding hydrogens is 356 g/mol. The van der Waals surface area contributed by atoms with Crippen molar-refractivity contribution in [1.82, 2.24) is 9.03 Å². The standard InChI is InChI=1S/C14H20N2O6S2/c1-11(14(17)18)15-23(19,20)12-5-7-13(8-6-12)24(21,22)16-9-3-2-4-10-16/h5-8,11,15H,2-4,9-10H2,1H3,(H,17,18). The van der Waals surface area contributed by atoms with Crippen molar-refractivity contribution in [3.8, 4) is 0 Å². The Labute approximate surface area is 141 Å². The van der Waals surface area contributed by atoms with Gasteiger partial charge in [-0.1, -0.05) is 6.42 Å². The van der Waals surface area contributed by atoms with E-state index in [4.69, 9.17) is 5.11 Å². The second-order valence-corrected chi connectivity index (χ2v) is 9.27. The summed E-state index contributed by atoms with van der Waals surface area (Å²) >= 11 is 0. The number of nitrogens with one attached hydrogen (secondary N) is 1. The number of hydrogen-bond donors (Lipinski definition) is 2. The molecule has 0 spiro atoms. The van der Waals surface area contributed by atoms with Crippen LogP contribution in [0.3, 0.4) is 0 Å². The highest BCUT2D eigenvalue weighted by atomic mass is 32.2. The van der Waals surface area contributed by atoms with E-state index in [1.165, 1.54) is 23.4 Å². The number of hydrogen-bond acceptors (Lipinski definition) is 5. The summed E-state index contributed by atoms with van der Waals surface area (Å²) in [7, 11) is -7.67. The van der Waals surface area contributed by atoms with Crippen LogP contribution in [-0.4, -0.2) is 51.3 Å². The number of piperidine rings is 1. The molecule has 1 fully saturated rings. The summed E-state index contributed by atoms with van der Waals surface area (Å²) in [6, 6.07) is 3.49. The number of benzene rings is 1. The van der Waals surface area contributed by atoms with E-state index in [9.17, 15) is 21.6 Å². The quantitative estimate of drug-likeness (QED) is 0.750. The average Bonchev–Trinajstić information content (AvgIpc) is 2.55. The van der Waals surface area contributed by atoms with Gasteiger partial charge < -0.3 is 5.11 Å². The Morgan fingerprint density at radius 3 is 2.04 bits per heavy atom. The Morgan fingerprint density at radius 2 is 1.54 bits per heavy atom. The van der Waals surface area contributed by atoms with E-state index in [0.29, 0.717) is 13.1 Å². The Bertz CT molecular complexity index is 796. The van der Waals surface area contributed by atoms with Crippen molar-refractivity contribution in [2.24, 2.45) is 0 Å². The summed E-state index contributed by atoms with van der Waals surface area (Å²) in [6.07, 6.45) is 2.61. The maximum atomic E-state index is 12.5. The molecule has 1 aliphatic heterocycles. The maximum Gasteiger partial charge on any atom is 0.321 e. The molecule has 24 heavy (non-hydrogen) atoms. The van der Waals surface area contributed by atoms with Crippen molar-refractivity contribution >= 4 is 26.0 Å². The first-order valence-corrected chi connectivity index (χ1v) is 10.4. The van der Waals surface area contributed by atoms with Gasteiger partial charge in [-0.2, -0.15) is 9.03 Å². The highest BCUT2D eigenvalue weighted by molar-refractivity contribution is 7.89. The lowest BCUT2D eigenvalue weighted by molar-refractivity contribution is -0.138. The van der Waals surface area contributed by atoms with Gasteiger partial charge in [0.15, 0.2) is 0 Å². The minimum atomic E-state index is -4.03. The Hall–Kier alpha value is -1.49. The first-order chi connectivity index (χ1) is 11.1. The SMILES string of the molecule is CC(NS(=O)(=O)c1ccc(S(=O)(=O)N2CCCCC2)cc1)C(=O)O. The normalized spacial score (nSPS) is 18.2. The molecular formula is C14H20N2O6S2. The first-order valence-electron chi connectivity index (χ1n) is 7.50. The van der Waals surface area contributed by atoms with E-state index in [1.54, 1.807) is 0 Å². The van der Waals surface area contributed by atoms with E-state index in [0.717, 1.165) is 31.4 Å². The molecule has 0 radical (unpaired) electrons. The number of nitrogens with zero attached hydrogens (tertiary/aromatic N) is 1. The lowest BCUT2D eigenvalue weighted by Crippen LogP contribution is -2.38. The summed E-state index contributed by atoms with van der Waals surface area (Å²) in [5, 5.41) is 8.78. The molecule has 1 atom stereocenters. The zero-order valence-corrected chi connectivity index (χ0v) is 14.8. The van der Waals surface area contributed by atoms with Crippen molar-refractivity contribution in [3.63, 3.8) is 0 Å². The van der Waals surface area contributed by atoms with Crippen LogP contribution in [0.25, 0.3) is 0 Å². The van der Waals surface area contributed by atoms with E-state index in [2.05, 4.69) is 0 Å². The number of carboxylic acids is 1. The summed E-state index contributed by atoms with van der Waals surface area (Å²) < 4.78 is 52.5. The molecule has 1 aliphatic rings. The van der Waals surface area contributed by atoms with Gasteiger partial charge in [0.2, 0.25) is 20.0 Å². The molecule has 1 aromatic rings. The zero-order valence-electron chi connectivity index (χ0n) is 13.2. The molecule has 1 unspecified atom stereocenters. The number of aliphatic carboxylic acids is 1. The third-order valence-corrected chi connectivity index (χ3v) is 7.26. The number of carboxylic acid groups (broad SMARTS) is 1. The van der Waals surface area contributed by atoms with Crippen LogP contribution in [0.2, 0.25) is 0 Å². The van der Waals surface area contributed by atoms with Gasteiger partial charge >= 0.3 is 5.97 Å². The molecule has 8 nitrogen and oxygen atoms in total. The molecule has 0 amide bonds. The number of sulfonamides is 2. The molecule has 1 aromatic carbocycles. The van der Waals surface area contributed by atoms with Crippen LogP contribution < -0.4 is 4.72 Å². The summed E-state index contributed by atoms with van der Waals surface area (Å²) in [4.78, 5) is 10.6. The summed E-state index contributed by atoms with van der Waals surface area (Å²) in [5.41, 5.74) is 0. The summed E-state index contributed by atoms with van der Waals surface area (Å²) in [5.74, 6) is -1.30. The predicted molar refractivity (Wildman–Crippen MR) is 86.5 cm³/mol. The zero-order chi connectivity index (χ0) is 18.0. The first kappa shape index (κ1) is 18.8. The van der Waals surface area contributed by atoms with Crippen LogP contribution >= 0.6 is 0 Å². The molecule has 2 rings (SSSR count). The minimum Gasteiger partial charge on any atom is -0.480 e. The van der Waals surface area contributed by atoms with Crippen LogP contribution in [0.4, 0.5) is 0 Å². The van der Waals surface area contributed by atoms with Gasteiger partial charge in [-0.05, 0) is 44.0 Å². The monoisotopic (exact) mass is 376 g/mol. The third kappa shape index (κ3) is 4.12. The smallest absolute Gasteiger partial charge is 0.321 e. The maximum absolute atomic E-state index is 12.5. The van der Waals surface area contributed by atoms with Crippen molar-refractivity contribution in [1.29, 1.82) is 0 Å². The molecule has 1 heterocycles. The van der Waals surface area contributed by atoms with E-state index >= 15 is 0 Å². The second-order valence-electron chi connectivity index (χ2n) is 5.62. The van der Waals surface area contributed by atoms with Crippen LogP contribution in [0.5, 0.6) is 0 Å². The average molecular weight is 376 g/mol. The van der Waals surface area contributed by atoms with Crippen LogP contribution in [-0.2, 0) is 24.8 Å². The predicted octanol–water partition coefficient (Wildman–Crippen LogP) is 0.613. The van der Waals surface area contributed by atoms with Gasteiger partial charge in [0, 0.05) is 13.1 Å². The van der Waals surface area contributed by atoms with Crippen LogP contribution in [0, 0.1) is 0 Å². The van der Waals surface area contributed by atoms with Crippen LogP contribution in [0.1, 0.15) is 26.2 Å². The lowest BCUT2D eigenvalue weighted by atomic mass is 10.2.